The van der Waals surface area contributed by atoms with E-state index in [9.17, 15) is 10.1 Å². The van der Waals surface area contributed by atoms with Crippen molar-refractivity contribution in [1.29, 1.82) is 0 Å². The molecule has 74 valence electrons. The molecule has 0 aliphatic heterocycles. The normalized spacial score (nSPS) is 20.2. The van der Waals surface area contributed by atoms with E-state index in [1.165, 1.54) is 6.42 Å². The third kappa shape index (κ3) is 3.14. The van der Waals surface area contributed by atoms with Crippen LogP contribution in [0.25, 0.3) is 0 Å². The van der Waals surface area contributed by atoms with Gasteiger partial charge in [-0.3, -0.25) is 10.1 Å². The first-order valence-electron chi connectivity index (χ1n) is 4.70. The van der Waals surface area contributed by atoms with Crippen molar-refractivity contribution < 1.29 is 10.0 Å². The molecule has 0 spiro atoms. The van der Waals surface area contributed by atoms with Crippen LogP contribution < -0.4 is 0 Å². The second-order valence-electron chi connectivity index (χ2n) is 3.47. The molecule has 1 N–H and O–H groups in total. The second kappa shape index (κ2) is 4.97. The van der Waals surface area contributed by atoms with Gasteiger partial charge in [0.15, 0.2) is 0 Å². The third-order valence-electron chi connectivity index (χ3n) is 2.47. The van der Waals surface area contributed by atoms with E-state index in [0.717, 1.165) is 25.7 Å². The van der Waals surface area contributed by atoms with Crippen LogP contribution in [0.1, 0.15) is 32.1 Å². The number of aliphatic hydroxyl groups excluding tert-OH is 1. The molecule has 13 heavy (non-hydrogen) atoms. The molecular weight excluding hydrogens is 170 g/mol. The Bertz CT molecular complexity index is 207. The van der Waals surface area contributed by atoms with Crippen LogP contribution in [-0.4, -0.2) is 16.6 Å². The largest absolute Gasteiger partial charge is 0.385 e. The van der Waals surface area contributed by atoms with E-state index in [4.69, 9.17) is 5.11 Å². The number of rotatable bonds is 3. The maximum Gasteiger partial charge on any atom is 0.267 e. The van der Waals surface area contributed by atoms with Crippen LogP contribution in [0.5, 0.6) is 0 Å². The lowest BCUT2D eigenvalue weighted by Crippen LogP contribution is -2.09. The Kier molecular flexibility index (Phi) is 3.89. The molecule has 0 aromatic carbocycles. The van der Waals surface area contributed by atoms with Crippen LogP contribution in [0.2, 0.25) is 0 Å². The molecule has 0 saturated heterocycles. The maximum absolute atomic E-state index is 10.4. The predicted molar refractivity (Wildman–Crippen MR) is 48.7 cm³/mol. The molecule has 0 aromatic rings. The Morgan fingerprint density at radius 3 is 2.54 bits per heavy atom. The molecule has 1 fully saturated rings. The summed E-state index contributed by atoms with van der Waals surface area (Å²) in [7, 11) is 0. The highest BCUT2D eigenvalue weighted by Gasteiger charge is 2.16. The summed E-state index contributed by atoms with van der Waals surface area (Å²) in [6, 6.07) is 0. The van der Waals surface area contributed by atoms with Gasteiger partial charge in [0, 0.05) is 0 Å². The van der Waals surface area contributed by atoms with E-state index in [0.29, 0.717) is 5.92 Å². The summed E-state index contributed by atoms with van der Waals surface area (Å²) in [4.78, 5) is 9.89. The van der Waals surface area contributed by atoms with Gasteiger partial charge in [-0.05, 0) is 24.8 Å². The fourth-order valence-electron chi connectivity index (χ4n) is 1.74. The monoisotopic (exact) mass is 185 g/mol. The summed E-state index contributed by atoms with van der Waals surface area (Å²) >= 11 is 0. The zero-order valence-electron chi connectivity index (χ0n) is 7.61. The molecule has 0 bridgehead atoms. The summed E-state index contributed by atoms with van der Waals surface area (Å²) in [6.07, 6.45) is 7.21. The van der Waals surface area contributed by atoms with Crippen LogP contribution >= 0.6 is 0 Å². The summed E-state index contributed by atoms with van der Waals surface area (Å²) in [5.41, 5.74) is -0.0492. The van der Waals surface area contributed by atoms with E-state index in [1.807, 2.05) is 0 Å². The molecular formula is C9H15NO3. The number of hydrogen-bond acceptors (Lipinski definition) is 3. The molecule has 4 nitrogen and oxygen atoms in total. The topological polar surface area (TPSA) is 63.4 Å². The first-order valence-corrected chi connectivity index (χ1v) is 4.70. The zero-order chi connectivity index (χ0) is 9.68. The Morgan fingerprint density at radius 2 is 2.08 bits per heavy atom. The van der Waals surface area contributed by atoms with E-state index < -0.39 is 11.5 Å². The molecule has 1 aliphatic carbocycles. The third-order valence-corrected chi connectivity index (χ3v) is 2.47. The molecule has 4 heteroatoms. The second-order valence-corrected chi connectivity index (χ2v) is 3.47. The molecule has 0 radical (unpaired) electrons. The lowest BCUT2D eigenvalue weighted by Gasteiger charge is -2.17. The highest BCUT2D eigenvalue weighted by molar-refractivity contribution is 4.96. The summed E-state index contributed by atoms with van der Waals surface area (Å²) < 4.78 is 0. The summed E-state index contributed by atoms with van der Waals surface area (Å²) in [5, 5.41) is 19.1. The van der Waals surface area contributed by atoms with E-state index in [-0.39, 0.29) is 5.70 Å². The van der Waals surface area contributed by atoms with Crippen molar-refractivity contribution in [1.82, 2.24) is 0 Å². The first kappa shape index (κ1) is 10.2. The van der Waals surface area contributed by atoms with Gasteiger partial charge >= 0.3 is 0 Å². The minimum absolute atomic E-state index is 0.0492. The SMILES string of the molecule is O=[N+]([O-])/C(=C/C1CCCCC1)CO. The Balaban J connectivity index is 2.54. The van der Waals surface area contributed by atoms with E-state index in [1.54, 1.807) is 6.08 Å². The lowest BCUT2D eigenvalue weighted by molar-refractivity contribution is -0.430. The number of nitrogens with zero attached hydrogens (tertiary/aromatic N) is 1. The predicted octanol–water partition coefficient (Wildman–Crippen LogP) is 1.72. The van der Waals surface area contributed by atoms with Crippen LogP contribution in [0, 0.1) is 16.0 Å². The van der Waals surface area contributed by atoms with E-state index in [2.05, 4.69) is 0 Å². The Labute approximate surface area is 77.4 Å². The van der Waals surface area contributed by atoms with Crippen molar-refractivity contribution in [3.8, 4) is 0 Å². The first-order chi connectivity index (χ1) is 6.24. The quantitative estimate of drug-likeness (QED) is 0.537. The fourth-order valence-corrected chi connectivity index (χ4v) is 1.74. The zero-order valence-corrected chi connectivity index (χ0v) is 7.61. The average molecular weight is 185 g/mol. The number of allylic oxidation sites excluding steroid dienone is 1. The molecule has 1 saturated carbocycles. The molecule has 0 atom stereocenters. The highest BCUT2D eigenvalue weighted by atomic mass is 16.6. The number of nitro groups is 1. The van der Waals surface area contributed by atoms with Crippen molar-refractivity contribution in [2.45, 2.75) is 32.1 Å². The maximum atomic E-state index is 10.4. The van der Waals surface area contributed by atoms with Crippen molar-refractivity contribution in [3.05, 3.63) is 21.9 Å². The van der Waals surface area contributed by atoms with Gasteiger partial charge in [0.25, 0.3) is 5.70 Å². The van der Waals surface area contributed by atoms with Gasteiger partial charge in [-0.25, -0.2) is 0 Å². The molecule has 1 rings (SSSR count). The molecule has 0 aromatic heterocycles. The summed E-state index contributed by atoms with van der Waals surface area (Å²) in [5.74, 6) is 0.307. The molecule has 1 aliphatic rings. The lowest BCUT2D eigenvalue weighted by atomic mass is 9.89. The highest BCUT2D eigenvalue weighted by Crippen LogP contribution is 2.25. The van der Waals surface area contributed by atoms with Gasteiger partial charge in [-0.2, -0.15) is 0 Å². The minimum Gasteiger partial charge on any atom is -0.385 e. The molecule has 0 heterocycles. The van der Waals surface area contributed by atoms with Gasteiger partial charge in [0.1, 0.15) is 6.61 Å². The van der Waals surface area contributed by atoms with Crippen molar-refractivity contribution in [2.24, 2.45) is 5.92 Å². The minimum atomic E-state index is -0.491. The Hall–Kier alpha value is -0.900. The van der Waals surface area contributed by atoms with Gasteiger partial charge in [-0.15, -0.1) is 0 Å². The fraction of sp³-hybridized carbons (Fsp3) is 0.778. The molecule has 0 amide bonds. The van der Waals surface area contributed by atoms with E-state index >= 15 is 0 Å². The van der Waals surface area contributed by atoms with Crippen LogP contribution in [-0.2, 0) is 0 Å². The van der Waals surface area contributed by atoms with Crippen LogP contribution in [0.3, 0.4) is 0 Å². The summed E-state index contributed by atoms with van der Waals surface area (Å²) in [6.45, 7) is -0.455. The van der Waals surface area contributed by atoms with Gasteiger partial charge in [-0.1, -0.05) is 19.3 Å². The van der Waals surface area contributed by atoms with Crippen molar-refractivity contribution in [2.75, 3.05) is 6.61 Å². The van der Waals surface area contributed by atoms with Crippen molar-refractivity contribution in [3.63, 3.8) is 0 Å². The van der Waals surface area contributed by atoms with Crippen LogP contribution in [0.4, 0.5) is 0 Å². The smallest absolute Gasteiger partial charge is 0.267 e. The number of hydrogen-bond donors (Lipinski definition) is 1. The van der Waals surface area contributed by atoms with Gasteiger partial charge in [0.05, 0.1) is 4.92 Å². The standard InChI is InChI=1S/C9H15NO3/c11-7-9(10(12)13)6-8-4-2-1-3-5-8/h6,8,11H,1-5,7H2/b9-6+. The Morgan fingerprint density at radius 1 is 1.46 bits per heavy atom. The number of aliphatic hydroxyl groups is 1. The van der Waals surface area contributed by atoms with Crippen molar-refractivity contribution >= 4 is 0 Å². The van der Waals surface area contributed by atoms with Gasteiger partial charge in [0.2, 0.25) is 0 Å². The van der Waals surface area contributed by atoms with Gasteiger partial charge < -0.3 is 5.11 Å². The molecule has 0 unspecified atom stereocenters. The average Bonchev–Trinajstić information content (AvgIpc) is 2.15. The van der Waals surface area contributed by atoms with Crippen LogP contribution in [0.15, 0.2) is 11.8 Å².